The molecular weight excluding hydrogens is 351 g/mol. The van der Waals surface area contributed by atoms with Crippen LogP contribution in [0, 0.1) is 5.41 Å². The Hall–Kier alpha value is -1.51. The van der Waals surface area contributed by atoms with Crippen LogP contribution in [-0.4, -0.2) is 56.8 Å². The quantitative estimate of drug-likeness (QED) is 0.548. The van der Waals surface area contributed by atoms with Crippen molar-refractivity contribution in [3.05, 3.63) is 35.9 Å². The highest BCUT2D eigenvalue weighted by Gasteiger charge is 2.55. The van der Waals surface area contributed by atoms with Gasteiger partial charge in [-0.05, 0) is 32.6 Å². The third-order valence-electron chi connectivity index (χ3n) is 5.28. The number of β-lactam (4-membered cyclic amide) rings is 1. The first-order chi connectivity index (χ1) is 12.6. The molecule has 1 aromatic rings. The van der Waals surface area contributed by atoms with Crippen molar-refractivity contribution in [2.45, 2.75) is 44.4 Å². The Balaban J connectivity index is 0.00000118. The Kier molecular flexibility index (Phi) is 7.55. The molecule has 1 saturated heterocycles. The fourth-order valence-corrected chi connectivity index (χ4v) is 3.74. The van der Waals surface area contributed by atoms with Crippen LogP contribution in [-0.2, 0) is 20.9 Å². The maximum Gasteiger partial charge on any atom is 0.242 e. The standard InChI is InChI=1S/C18H24N2O4.BH.H2S/c19-16(22)15(10-21)20-12-18(17(20)23)8-6-14(7-9-18)24-11-13-4-2-1-3-5-13;;/h1-5,14-15,21H,6-12H2,(H2,19,22);1H;1H2/t14?,15-,18?;;/m0../s1/i;1T;. The highest BCUT2D eigenvalue weighted by molar-refractivity contribution is 7.59. The number of nitrogens with two attached hydrogens (primary N) is 1. The van der Waals surface area contributed by atoms with E-state index in [9.17, 15) is 14.7 Å². The molecule has 2 radical (unpaired) electrons. The highest BCUT2D eigenvalue weighted by atomic mass is 32.1. The Morgan fingerprint density at radius 1 is 1.38 bits per heavy atom. The minimum absolute atomic E-state index is 0. The number of likely N-dealkylation sites (tertiary alicyclic amines) is 1. The molecule has 0 bridgehead atoms. The maximum atomic E-state index is 12.5. The number of nitrogens with zero attached hydrogens (tertiary/aromatic N) is 1. The van der Waals surface area contributed by atoms with Crippen molar-refractivity contribution in [1.29, 1.82) is 1.34 Å². The Labute approximate surface area is 164 Å². The number of carbonyl (C=O) groups is 2. The van der Waals surface area contributed by atoms with Crippen molar-refractivity contribution in [3.8, 4) is 0 Å². The van der Waals surface area contributed by atoms with Crippen LogP contribution in [0.15, 0.2) is 30.3 Å². The van der Waals surface area contributed by atoms with Crippen molar-refractivity contribution in [1.82, 2.24) is 4.90 Å². The minimum atomic E-state index is -0.893. The Morgan fingerprint density at radius 2 is 2.00 bits per heavy atom. The van der Waals surface area contributed by atoms with Gasteiger partial charge in [0.15, 0.2) is 0 Å². The number of primary amides is 1. The number of rotatable bonds is 6. The van der Waals surface area contributed by atoms with Gasteiger partial charge in [0.05, 0.1) is 24.7 Å². The van der Waals surface area contributed by atoms with E-state index < -0.39 is 18.6 Å². The van der Waals surface area contributed by atoms with Gasteiger partial charge in [-0.3, -0.25) is 9.59 Å². The molecule has 3 N–H and O–H groups in total. The average molecular weight is 380 g/mol. The summed E-state index contributed by atoms with van der Waals surface area (Å²) in [7, 11) is 3.75. The molecule has 0 aromatic heterocycles. The van der Waals surface area contributed by atoms with Crippen LogP contribution in [0.3, 0.4) is 0 Å². The van der Waals surface area contributed by atoms with Gasteiger partial charge in [0, 0.05) is 14.9 Å². The maximum absolute atomic E-state index is 12.5. The number of hydrogen-bond donors (Lipinski definition) is 2. The van der Waals surface area contributed by atoms with Gasteiger partial charge in [-0.15, -0.1) is 0 Å². The molecule has 1 aromatic carbocycles. The largest absolute Gasteiger partial charge is 0.394 e. The third-order valence-corrected chi connectivity index (χ3v) is 5.28. The molecule has 1 spiro atoms. The van der Waals surface area contributed by atoms with E-state index in [4.69, 9.17) is 11.8 Å². The van der Waals surface area contributed by atoms with E-state index in [0.29, 0.717) is 13.2 Å². The first-order valence-electron chi connectivity index (χ1n) is 9.00. The summed E-state index contributed by atoms with van der Waals surface area (Å²) in [5.74, 6) is -0.706. The summed E-state index contributed by atoms with van der Waals surface area (Å²) in [5, 5.41) is 9.24. The molecule has 6 nitrogen and oxygen atoms in total. The van der Waals surface area contributed by atoms with Gasteiger partial charge < -0.3 is 20.5 Å². The van der Waals surface area contributed by atoms with E-state index in [-0.39, 0.29) is 30.9 Å². The number of carbonyl (C=O) groups excluding carboxylic acids is 2. The fourth-order valence-electron chi connectivity index (χ4n) is 3.74. The first kappa shape index (κ1) is 20.8. The van der Waals surface area contributed by atoms with Crippen LogP contribution >= 0.6 is 13.5 Å². The molecule has 2 fully saturated rings. The summed E-state index contributed by atoms with van der Waals surface area (Å²) in [5.41, 5.74) is 6.01. The van der Waals surface area contributed by atoms with Gasteiger partial charge in [0.25, 0.3) is 0 Å². The van der Waals surface area contributed by atoms with Crippen LogP contribution < -0.4 is 5.73 Å². The Bertz CT molecular complexity index is 615. The number of amides is 2. The van der Waals surface area contributed by atoms with Crippen molar-refractivity contribution < 1.29 is 19.4 Å². The molecule has 1 aliphatic carbocycles. The van der Waals surface area contributed by atoms with Crippen LogP contribution in [0.25, 0.3) is 0 Å². The van der Waals surface area contributed by atoms with Crippen LogP contribution in [0.1, 0.15) is 31.2 Å². The normalized spacial score (nSPS) is 25.9. The van der Waals surface area contributed by atoms with Crippen LogP contribution in [0.4, 0.5) is 0 Å². The number of ether oxygens (including phenoxy) is 1. The summed E-state index contributed by atoms with van der Waals surface area (Å²) in [6.07, 6.45) is 3.37. The smallest absolute Gasteiger partial charge is 0.242 e. The zero-order chi connectivity index (χ0) is 19.2. The van der Waals surface area contributed by atoms with Crippen LogP contribution in [0.2, 0.25) is 0 Å². The van der Waals surface area contributed by atoms with Crippen molar-refractivity contribution in [2.75, 3.05) is 13.2 Å². The van der Waals surface area contributed by atoms with E-state index in [1.54, 1.807) is 0 Å². The predicted octanol–water partition coefficient (Wildman–Crippen LogP) is 0.285. The second-order valence-corrected chi connectivity index (χ2v) is 6.81. The summed E-state index contributed by atoms with van der Waals surface area (Å²) in [6, 6.07) is 9.15. The average Bonchev–Trinajstić information content (AvgIpc) is 2.69. The van der Waals surface area contributed by atoms with Crippen molar-refractivity contribution in [3.63, 3.8) is 0 Å². The summed E-state index contributed by atoms with van der Waals surface area (Å²) in [4.78, 5) is 25.2. The first-order valence-corrected chi connectivity index (χ1v) is 8.42. The van der Waals surface area contributed by atoms with E-state index >= 15 is 0 Å². The molecule has 1 atom stereocenters. The van der Waals surface area contributed by atoms with Crippen LogP contribution in [0.5, 0.6) is 0 Å². The highest BCUT2D eigenvalue weighted by Crippen LogP contribution is 2.46. The molecule has 1 heterocycles. The van der Waals surface area contributed by atoms with E-state index in [2.05, 4.69) is 8.38 Å². The monoisotopic (exact) mass is 380 g/mol. The third kappa shape index (κ3) is 4.42. The van der Waals surface area contributed by atoms with Crippen molar-refractivity contribution in [2.24, 2.45) is 11.1 Å². The van der Waals surface area contributed by atoms with E-state index in [1.165, 1.54) is 4.90 Å². The van der Waals surface area contributed by atoms with Crippen molar-refractivity contribution >= 4 is 33.7 Å². The zero-order valence-electron chi connectivity index (χ0n) is 15.8. The van der Waals surface area contributed by atoms with Gasteiger partial charge in [-0.2, -0.15) is 13.5 Å². The Morgan fingerprint density at radius 3 is 2.50 bits per heavy atom. The summed E-state index contributed by atoms with van der Waals surface area (Å²) < 4.78 is 11.2. The number of aliphatic hydroxyl groups is 1. The molecule has 8 heteroatoms. The molecular formula is C18H27BN2O4S. The van der Waals surface area contributed by atoms with Gasteiger partial charge in [0.1, 0.15) is 6.04 Å². The minimum Gasteiger partial charge on any atom is -0.394 e. The molecule has 26 heavy (non-hydrogen) atoms. The second kappa shape index (κ2) is 9.44. The lowest BCUT2D eigenvalue weighted by molar-refractivity contribution is -0.175. The lowest BCUT2D eigenvalue weighted by Gasteiger charge is -2.53. The second-order valence-electron chi connectivity index (χ2n) is 6.81. The fraction of sp³-hybridized carbons (Fsp3) is 0.556. The molecule has 0 unspecified atom stereocenters. The van der Waals surface area contributed by atoms with Gasteiger partial charge in [-0.1, -0.05) is 30.3 Å². The van der Waals surface area contributed by atoms with Gasteiger partial charge >= 0.3 is 0 Å². The predicted molar refractivity (Wildman–Crippen MR) is 105 cm³/mol. The van der Waals surface area contributed by atoms with E-state index in [0.717, 1.165) is 31.2 Å². The zero-order valence-corrected chi connectivity index (χ0v) is 15.8. The molecule has 2 amide bonds. The SMILES string of the molecule is NC(=O)[C@H](CO)N1CC2(CCC(OCc3ccccc3)CC2)C1=O.S.[3H][B]. The number of benzene rings is 1. The lowest BCUT2D eigenvalue weighted by atomic mass is 9.66. The number of aliphatic hydroxyl groups excluding tert-OH is 1. The molecule has 3 rings (SSSR count). The topological polar surface area (TPSA) is 92.9 Å². The van der Waals surface area contributed by atoms with E-state index in [1.807, 2.05) is 30.3 Å². The number of hydrogen-bond acceptors (Lipinski definition) is 4. The molecule has 2 aliphatic rings. The van der Waals surface area contributed by atoms with Gasteiger partial charge in [0.2, 0.25) is 11.8 Å². The summed E-state index contributed by atoms with van der Waals surface area (Å²) in [6.45, 7) is 0.679. The van der Waals surface area contributed by atoms with Gasteiger partial charge in [-0.25, -0.2) is 0 Å². The summed E-state index contributed by atoms with van der Waals surface area (Å²) >= 11 is 0. The molecule has 1 aliphatic heterocycles. The lowest BCUT2D eigenvalue weighted by Crippen LogP contribution is -2.68. The molecule has 1 saturated carbocycles. The molecule has 142 valence electrons.